The normalized spacial score (nSPS) is 11.5. The molecule has 0 aliphatic rings. The molecule has 0 aliphatic heterocycles. The van der Waals surface area contributed by atoms with Gasteiger partial charge in [-0.3, -0.25) is 9.59 Å². The molecule has 1 heterocycles. The zero-order chi connectivity index (χ0) is 27.6. The van der Waals surface area contributed by atoms with Gasteiger partial charge in [-0.25, -0.2) is 4.98 Å². The molecule has 1 unspecified atom stereocenters. The van der Waals surface area contributed by atoms with Crippen molar-refractivity contribution in [1.82, 2.24) is 4.98 Å². The van der Waals surface area contributed by atoms with Crippen molar-refractivity contribution in [3.63, 3.8) is 0 Å². The highest BCUT2D eigenvalue weighted by Crippen LogP contribution is 2.38. The van der Waals surface area contributed by atoms with Crippen molar-refractivity contribution >= 4 is 45.7 Å². The number of carbonyl (C=O) groups is 2. The van der Waals surface area contributed by atoms with E-state index in [9.17, 15) is 9.59 Å². The molecule has 0 spiro atoms. The van der Waals surface area contributed by atoms with E-state index in [4.69, 9.17) is 9.47 Å². The lowest BCUT2D eigenvalue weighted by Crippen LogP contribution is -2.19. The van der Waals surface area contributed by atoms with Crippen molar-refractivity contribution < 1.29 is 19.1 Å². The maximum Gasteiger partial charge on any atom is 0.244 e. The topological polar surface area (TPSA) is 89.6 Å². The van der Waals surface area contributed by atoms with Gasteiger partial charge < -0.3 is 20.1 Å². The van der Waals surface area contributed by atoms with Crippen LogP contribution in [0.4, 0.5) is 10.8 Å². The number of thiazole rings is 1. The van der Waals surface area contributed by atoms with E-state index in [1.54, 1.807) is 14.2 Å². The first-order chi connectivity index (χ1) is 19.0. The number of aromatic nitrogens is 1. The molecule has 0 bridgehead atoms. The molecule has 9 heteroatoms. The summed E-state index contributed by atoms with van der Waals surface area (Å²) in [7, 11) is 3.18. The maximum absolute atomic E-state index is 13.6. The predicted molar refractivity (Wildman–Crippen MR) is 159 cm³/mol. The van der Waals surface area contributed by atoms with E-state index < -0.39 is 5.25 Å². The standard InChI is InChI=1S/C30H31N3O4S2/c1-4-5-14-27(34)31-22-12-9-13-23(18-22)39-28(20-10-7-6-8-11-20)29(35)33-30-32-24(19-38-30)21-15-16-25(36-2)26(17-21)37-3/h6-13,15-19,28H,4-5,14H2,1-3H3,(H,31,34)(H,32,33,35). The summed E-state index contributed by atoms with van der Waals surface area (Å²) in [6, 6.07) is 22.8. The number of thioether (sulfide) groups is 1. The second-order valence-corrected chi connectivity index (χ2v) is 10.7. The Kier molecular flexibility index (Phi) is 9.99. The Hall–Kier alpha value is -3.82. The lowest BCUT2D eigenvalue weighted by molar-refractivity contribution is -0.116. The van der Waals surface area contributed by atoms with E-state index in [0.29, 0.717) is 28.7 Å². The van der Waals surface area contributed by atoms with E-state index in [1.165, 1.54) is 23.1 Å². The first kappa shape index (κ1) is 28.2. The number of hydrogen-bond acceptors (Lipinski definition) is 7. The molecule has 2 amide bonds. The lowest BCUT2D eigenvalue weighted by Gasteiger charge is -2.17. The van der Waals surface area contributed by atoms with Gasteiger partial charge in [0, 0.05) is 27.9 Å². The molecule has 2 N–H and O–H groups in total. The minimum absolute atomic E-state index is 0.00888. The van der Waals surface area contributed by atoms with Gasteiger partial charge in [0.2, 0.25) is 11.8 Å². The number of amides is 2. The quantitative estimate of drug-likeness (QED) is 0.175. The maximum atomic E-state index is 13.6. The number of unbranched alkanes of at least 4 members (excludes halogenated alkanes) is 1. The number of rotatable bonds is 12. The van der Waals surface area contributed by atoms with E-state index in [2.05, 4.69) is 22.5 Å². The van der Waals surface area contributed by atoms with Crippen molar-refractivity contribution in [2.75, 3.05) is 24.9 Å². The molecule has 39 heavy (non-hydrogen) atoms. The summed E-state index contributed by atoms with van der Waals surface area (Å²) < 4.78 is 10.7. The van der Waals surface area contributed by atoms with Crippen LogP contribution in [0.1, 0.15) is 37.0 Å². The van der Waals surface area contributed by atoms with Crippen molar-refractivity contribution in [1.29, 1.82) is 0 Å². The number of carbonyl (C=O) groups excluding carboxylic acids is 2. The molecule has 0 saturated heterocycles. The van der Waals surface area contributed by atoms with Crippen LogP contribution in [0.2, 0.25) is 0 Å². The van der Waals surface area contributed by atoms with E-state index in [0.717, 1.165) is 34.6 Å². The Bertz CT molecular complexity index is 1410. The minimum atomic E-state index is -0.523. The van der Waals surface area contributed by atoms with Crippen LogP contribution in [0.5, 0.6) is 11.5 Å². The SMILES string of the molecule is CCCCC(=O)Nc1cccc(SC(C(=O)Nc2nc(-c3ccc(OC)c(OC)c3)cs2)c2ccccc2)c1. The number of methoxy groups -OCH3 is 2. The number of nitrogens with one attached hydrogen (secondary N) is 2. The van der Waals surface area contributed by atoms with Gasteiger partial charge in [-0.1, -0.05) is 49.7 Å². The third-order valence-electron chi connectivity index (χ3n) is 5.88. The molecule has 0 fully saturated rings. The van der Waals surface area contributed by atoms with Gasteiger partial charge in [0.1, 0.15) is 5.25 Å². The molecule has 3 aromatic carbocycles. The molecule has 0 aliphatic carbocycles. The predicted octanol–water partition coefficient (Wildman–Crippen LogP) is 7.43. The highest BCUT2D eigenvalue weighted by Gasteiger charge is 2.23. The summed E-state index contributed by atoms with van der Waals surface area (Å²) in [6.45, 7) is 2.06. The third kappa shape index (κ3) is 7.61. The Balaban J connectivity index is 1.51. The summed E-state index contributed by atoms with van der Waals surface area (Å²) in [5.41, 5.74) is 3.17. The third-order valence-corrected chi connectivity index (χ3v) is 7.89. The molecular formula is C30H31N3O4S2. The summed E-state index contributed by atoms with van der Waals surface area (Å²) in [6.07, 6.45) is 2.30. The number of nitrogens with zero attached hydrogens (tertiary/aromatic N) is 1. The smallest absolute Gasteiger partial charge is 0.244 e. The Morgan fingerprint density at radius 2 is 1.74 bits per heavy atom. The molecule has 4 aromatic rings. The number of benzene rings is 3. The summed E-state index contributed by atoms with van der Waals surface area (Å²) in [5.74, 6) is 1.05. The highest BCUT2D eigenvalue weighted by atomic mass is 32.2. The Morgan fingerprint density at radius 3 is 2.49 bits per heavy atom. The monoisotopic (exact) mass is 561 g/mol. The van der Waals surface area contributed by atoms with Gasteiger partial charge in [-0.15, -0.1) is 23.1 Å². The molecule has 1 aromatic heterocycles. The van der Waals surface area contributed by atoms with Crippen LogP contribution in [0.15, 0.2) is 83.1 Å². The van der Waals surface area contributed by atoms with E-state index in [-0.39, 0.29) is 11.8 Å². The fraction of sp³-hybridized carbons (Fsp3) is 0.233. The van der Waals surface area contributed by atoms with Crippen molar-refractivity contribution in [3.8, 4) is 22.8 Å². The van der Waals surface area contributed by atoms with Gasteiger partial charge in [-0.05, 0) is 48.4 Å². The second kappa shape index (κ2) is 13.8. The number of hydrogen-bond donors (Lipinski definition) is 2. The summed E-state index contributed by atoms with van der Waals surface area (Å²) >= 11 is 2.78. The zero-order valence-corrected chi connectivity index (χ0v) is 23.7. The molecule has 1 atom stereocenters. The first-order valence-electron chi connectivity index (χ1n) is 12.6. The van der Waals surface area contributed by atoms with Crippen LogP contribution in [-0.4, -0.2) is 31.0 Å². The van der Waals surface area contributed by atoms with Gasteiger partial charge in [0.05, 0.1) is 19.9 Å². The average molecular weight is 562 g/mol. The summed E-state index contributed by atoms with van der Waals surface area (Å²) in [5, 5.41) is 7.82. The van der Waals surface area contributed by atoms with E-state index in [1.807, 2.05) is 78.2 Å². The fourth-order valence-electron chi connectivity index (χ4n) is 3.88. The van der Waals surface area contributed by atoms with Crippen molar-refractivity contribution in [2.24, 2.45) is 0 Å². The van der Waals surface area contributed by atoms with E-state index >= 15 is 0 Å². The summed E-state index contributed by atoms with van der Waals surface area (Å²) in [4.78, 5) is 31.3. The molecule has 202 valence electrons. The molecular weight excluding hydrogens is 530 g/mol. The molecule has 0 saturated carbocycles. The van der Waals surface area contributed by atoms with Crippen LogP contribution in [0, 0.1) is 0 Å². The zero-order valence-electron chi connectivity index (χ0n) is 22.1. The van der Waals surface area contributed by atoms with Gasteiger partial charge in [-0.2, -0.15) is 0 Å². The highest BCUT2D eigenvalue weighted by molar-refractivity contribution is 8.00. The molecule has 0 radical (unpaired) electrons. The minimum Gasteiger partial charge on any atom is -0.493 e. The fourth-order valence-corrected chi connectivity index (χ4v) is 5.68. The Labute approximate surface area is 237 Å². The van der Waals surface area contributed by atoms with Crippen molar-refractivity contribution in [2.45, 2.75) is 36.3 Å². The molecule has 7 nitrogen and oxygen atoms in total. The van der Waals surface area contributed by atoms with Crippen LogP contribution < -0.4 is 20.1 Å². The van der Waals surface area contributed by atoms with Crippen LogP contribution in [-0.2, 0) is 9.59 Å². The van der Waals surface area contributed by atoms with Crippen LogP contribution in [0.25, 0.3) is 11.3 Å². The first-order valence-corrected chi connectivity index (χ1v) is 14.4. The van der Waals surface area contributed by atoms with Crippen molar-refractivity contribution in [3.05, 3.63) is 83.7 Å². The van der Waals surface area contributed by atoms with Gasteiger partial charge in [0.25, 0.3) is 0 Å². The second-order valence-electron chi connectivity index (χ2n) is 8.69. The van der Waals surface area contributed by atoms with Crippen LogP contribution in [0.3, 0.4) is 0 Å². The number of anilines is 2. The lowest BCUT2D eigenvalue weighted by atomic mass is 10.1. The molecule has 4 rings (SSSR count). The number of ether oxygens (including phenoxy) is 2. The van der Waals surface area contributed by atoms with Gasteiger partial charge >= 0.3 is 0 Å². The van der Waals surface area contributed by atoms with Crippen LogP contribution >= 0.6 is 23.1 Å². The Morgan fingerprint density at radius 1 is 0.949 bits per heavy atom. The largest absolute Gasteiger partial charge is 0.493 e. The average Bonchev–Trinajstić information content (AvgIpc) is 3.43. The van der Waals surface area contributed by atoms with Gasteiger partial charge in [0.15, 0.2) is 16.6 Å².